The summed E-state index contributed by atoms with van der Waals surface area (Å²) < 4.78 is 5.65. The van der Waals surface area contributed by atoms with Crippen molar-refractivity contribution in [1.29, 1.82) is 0 Å². The summed E-state index contributed by atoms with van der Waals surface area (Å²) in [6, 6.07) is 9.39. The summed E-state index contributed by atoms with van der Waals surface area (Å²) in [5, 5.41) is 9.33. The van der Waals surface area contributed by atoms with Gasteiger partial charge in [0.05, 0.1) is 17.0 Å². The number of benzene rings is 1. The van der Waals surface area contributed by atoms with E-state index in [9.17, 15) is 9.90 Å². The summed E-state index contributed by atoms with van der Waals surface area (Å²) in [6.45, 7) is 4.26. The Morgan fingerprint density at radius 3 is 2.80 bits per heavy atom. The highest BCUT2D eigenvalue weighted by atomic mass is 16.5. The Hall–Kier alpha value is -2.36. The van der Waals surface area contributed by atoms with Crippen LogP contribution in [0.2, 0.25) is 0 Å². The molecule has 102 valence electrons. The van der Waals surface area contributed by atoms with Crippen LogP contribution in [0.4, 0.5) is 0 Å². The fourth-order valence-electron chi connectivity index (χ4n) is 2.47. The highest BCUT2D eigenvalue weighted by molar-refractivity contribution is 5.90. The molecule has 2 aromatic rings. The van der Waals surface area contributed by atoms with Gasteiger partial charge >= 0.3 is 5.97 Å². The van der Waals surface area contributed by atoms with E-state index >= 15 is 0 Å². The van der Waals surface area contributed by atoms with Gasteiger partial charge in [-0.15, -0.1) is 0 Å². The van der Waals surface area contributed by atoms with Crippen molar-refractivity contribution in [1.82, 2.24) is 4.98 Å². The Labute approximate surface area is 117 Å². The molecule has 3 rings (SSSR count). The van der Waals surface area contributed by atoms with Crippen LogP contribution in [0.25, 0.3) is 11.3 Å². The van der Waals surface area contributed by atoms with E-state index < -0.39 is 5.97 Å². The molecule has 20 heavy (non-hydrogen) atoms. The fourth-order valence-corrected chi connectivity index (χ4v) is 2.47. The molecule has 0 radical (unpaired) electrons. The summed E-state index contributed by atoms with van der Waals surface area (Å²) in [7, 11) is 0. The molecule has 1 aliphatic rings. The van der Waals surface area contributed by atoms with Crippen LogP contribution in [0.3, 0.4) is 0 Å². The number of rotatable bonds is 2. The van der Waals surface area contributed by atoms with Gasteiger partial charge in [-0.3, -0.25) is 4.98 Å². The number of carboxylic acids is 1. The monoisotopic (exact) mass is 269 g/mol. The minimum atomic E-state index is -0.942. The van der Waals surface area contributed by atoms with Crippen LogP contribution in [0.15, 0.2) is 30.3 Å². The molecule has 0 saturated carbocycles. The van der Waals surface area contributed by atoms with Gasteiger partial charge in [0.25, 0.3) is 0 Å². The molecule has 0 unspecified atom stereocenters. The van der Waals surface area contributed by atoms with Crippen LogP contribution in [0.5, 0.6) is 5.75 Å². The van der Waals surface area contributed by atoms with Gasteiger partial charge in [-0.25, -0.2) is 4.79 Å². The average molecular weight is 269 g/mol. The molecule has 0 amide bonds. The average Bonchev–Trinajstić information content (AvgIpc) is 2.45. The van der Waals surface area contributed by atoms with Crippen molar-refractivity contribution in [2.75, 3.05) is 0 Å². The third-order valence-corrected chi connectivity index (χ3v) is 3.43. The molecular formula is C16H15NO3. The van der Waals surface area contributed by atoms with E-state index in [0.29, 0.717) is 12.3 Å². The number of ether oxygens (including phenoxy) is 1. The largest absolute Gasteiger partial charge is 0.488 e. The lowest BCUT2D eigenvalue weighted by atomic mass is 9.96. The second-order valence-corrected chi connectivity index (χ2v) is 5.17. The maximum atomic E-state index is 11.4. The van der Waals surface area contributed by atoms with Gasteiger partial charge in [0.15, 0.2) is 0 Å². The molecule has 4 heteroatoms. The molecule has 0 saturated heterocycles. The molecule has 2 heterocycles. The quantitative estimate of drug-likeness (QED) is 0.907. The van der Waals surface area contributed by atoms with E-state index in [2.05, 4.69) is 4.98 Å². The van der Waals surface area contributed by atoms with Crippen molar-refractivity contribution in [3.8, 4) is 17.0 Å². The highest BCUT2D eigenvalue weighted by Gasteiger charge is 2.23. The maximum Gasteiger partial charge on any atom is 0.337 e. The summed E-state index contributed by atoms with van der Waals surface area (Å²) in [5.41, 5.74) is 3.47. The second-order valence-electron chi connectivity index (χ2n) is 5.17. The van der Waals surface area contributed by atoms with Crippen molar-refractivity contribution < 1.29 is 14.6 Å². The molecule has 0 spiro atoms. The first-order valence-electron chi connectivity index (χ1n) is 6.57. The zero-order valence-corrected chi connectivity index (χ0v) is 11.4. The van der Waals surface area contributed by atoms with E-state index in [1.807, 2.05) is 38.1 Å². The number of aromatic carboxylic acids is 1. The number of pyridine rings is 1. The molecule has 1 N–H and O–H groups in total. The van der Waals surface area contributed by atoms with Gasteiger partial charge in [0, 0.05) is 11.1 Å². The van der Waals surface area contributed by atoms with Crippen molar-refractivity contribution >= 4 is 5.97 Å². The molecule has 1 aromatic heterocycles. The lowest BCUT2D eigenvalue weighted by molar-refractivity contribution is 0.0694. The van der Waals surface area contributed by atoms with Crippen molar-refractivity contribution in [2.24, 2.45) is 0 Å². The van der Waals surface area contributed by atoms with E-state index in [0.717, 1.165) is 22.6 Å². The zero-order valence-electron chi connectivity index (χ0n) is 11.4. The second kappa shape index (κ2) is 4.63. The first-order chi connectivity index (χ1) is 9.58. The normalized spacial score (nSPS) is 12.6. The summed E-state index contributed by atoms with van der Waals surface area (Å²) in [6.07, 6.45) is 0. The number of nitrogens with zero attached hydrogens (tertiary/aromatic N) is 1. The predicted octanol–water partition coefficient (Wildman–Crippen LogP) is 3.46. The third kappa shape index (κ3) is 1.93. The third-order valence-electron chi connectivity index (χ3n) is 3.43. The number of hydrogen-bond donors (Lipinski definition) is 1. The molecule has 1 aliphatic heterocycles. The van der Waals surface area contributed by atoms with Gasteiger partial charge in [-0.05, 0) is 24.1 Å². The van der Waals surface area contributed by atoms with Crippen molar-refractivity contribution in [2.45, 2.75) is 26.4 Å². The Kier molecular flexibility index (Phi) is 2.93. The highest BCUT2D eigenvalue weighted by Crippen LogP contribution is 2.37. The molecule has 0 aliphatic carbocycles. The number of aromatic nitrogens is 1. The topological polar surface area (TPSA) is 59.4 Å². The minimum Gasteiger partial charge on any atom is -0.488 e. The molecule has 0 bridgehead atoms. The van der Waals surface area contributed by atoms with Gasteiger partial charge in [-0.1, -0.05) is 26.0 Å². The number of fused-ring (bicyclic) bond motifs is 3. The minimum absolute atomic E-state index is 0.0569. The number of carbonyl (C=O) groups is 1. The first kappa shape index (κ1) is 12.7. The molecule has 0 fully saturated rings. The van der Waals surface area contributed by atoms with Crippen molar-refractivity contribution in [3.63, 3.8) is 0 Å². The fraction of sp³-hybridized carbons (Fsp3) is 0.250. The maximum absolute atomic E-state index is 11.4. The zero-order chi connectivity index (χ0) is 14.3. The predicted molar refractivity (Wildman–Crippen MR) is 75.1 cm³/mol. The molecule has 1 aromatic carbocycles. The van der Waals surface area contributed by atoms with Gasteiger partial charge in [0.1, 0.15) is 12.4 Å². The van der Waals surface area contributed by atoms with Crippen LogP contribution in [0.1, 0.15) is 41.4 Å². The van der Waals surface area contributed by atoms with Crippen LogP contribution < -0.4 is 4.74 Å². The Bertz CT molecular complexity index is 692. The van der Waals surface area contributed by atoms with Crippen molar-refractivity contribution in [3.05, 3.63) is 47.2 Å². The van der Waals surface area contributed by atoms with E-state index in [1.54, 1.807) is 6.07 Å². The van der Waals surface area contributed by atoms with E-state index in [-0.39, 0.29) is 11.5 Å². The molecular weight excluding hydrogens is 254 g/mol. The Morgan fingerprint density at radius 2 is 2.10 bits per heavy atom. The van der Waals surface area contributed by atoms with Gasteiger partial charge < -0.3 is 9.84 Å². The lowest BCUT2D eigenvalue weighted by Gasteiger charge is -2.22. The van der Waals surface area contributed by atoms with Crippen LogP contribution >= 0.6 is 0 Å². The Morgan fingerprint density at radius 1 is 1.35 bits per heavy atom. The number of para-hydroxylation sites is 1. The summed E-state index contributed by atoms with van der Waals surface area (Å²) in [5.74, 6) is -0.0884. The van der Waals surface area contributed by atoms with E-state index in [4.69, 9.17) is 4.74 Å². The SMILES string of the molecule is CC(C)c1nc2c(cc1C(=O)O)COc1ccccc1-2. The number of hydrogen-bond acceptors (Lipinski definition) is 3. The molecule has 4 nitrogen and oxygen atoms in total. The summed E-state index contributed by atoms with van der Waals surface area (Å²) in [4.78, 5) is 16.0. The lowest BCUT2D eigenvalue weighted by Crippen LogP contribution is -2.13. The van der Waals surface area contributed by atoms with Crippen LogP contribution in [-0.4, -0.2) is 16.1 Å². The van der Waals surface area contributed by atoms with Crippen LogP contribution in [-0.2, 0) is 6.61 Å². The standard InChI is InChI=1S/C16H15NO3/c1-9(2)14-12(16(18)19)7-10-8-20-13-6-4-3-5-11(13)15(10)17-14/h3-7,9H,8H2,1-2H3,(H,18,19). The smallest absolute Gasteiger partial charge is 0.337 e. The van der Waals surface area contributed by atoms with Gasteiger partial charge in [-0.2, -0.15) is 0 Å². The van der Waals surface area contributed by atoms with Crippen LogP contribution in [0, 0.1) is 0 Å². The Balaban J connectivity index is 2.25. The summed E-state index contributed by atoms with van der Waals surface area (Å²) >= 11 is 0. The van der Waals surface area contributed by atoms with Gasteiger partial charge in [0.2, 0.25) is 0 Å². The first-order valence-corrected chi connectivity index (χ1v) is 6.57. The van der Waals surface area contributed by atoms with E-state index in [1.165, 1.54) is 0 Å². The molecule has 0 atom stereocenters. The number of carboxylic acid groups (broad SMARTS) is 1.